The number of morpholine rings is 1. The van der Waals surface area contributed by atoms with E-state index in [1.807, 2.05) is 6.92 Å². The van der Waals surface area contributed by atoms with Gasteiger partial charge in [-0.05, 0) is 31.5 Å². The van der Waals surface area contributed by atoms with Gasteiger partial charge in [0.05, 0.1) is 26.1 Å². The lowest BCUT2D eigenvalue weighted by molar-refractivity contribution is 0.0210. The largest absolute Gasteiger partial charge is 0.494 e. The Balaban J connectivity index is 1.77. The number of sulfonamides is 1. The third kappa shape index (κ3) is 5.13. The first-order valence-corrected chi connectivity index (χ1v) is 13.1. The molecule has 1 saturated heterocycles. The smallest absolute Gasteiger partial charge is 0.243 e. The topological polar surface area (TPSA) is 142 Å². The van der Waals surface area contributed by atoms with Gasteiger partial charge < -0.3 is 19.5 Å². The van der Waals surface area contributed by atoms with Crippen molar-refractivity contribution in [3.05, 3.63) is 47.8 Å². The van der Waals surface area contributed by atoms with Crippen LogP contribution in [0, 0.1) is 6.92 Å². The number of aryl methyl sites for hydroxylation is 1. The third-order valence-electron chi connectivity index (χ3n) is 6.16. The van der Waals surface area contributed by atoms with Crippen LogP contribution >= 0.6 is 0 Å². The molecule has 3 aromatic rings. The van der Waals surface area contributed by atoms with Gasteiger partial charge in [0.25, 0.3) is 0 Å². The molecular weight excluding hydrogens is 486 g/mol. The molecule has 36 heavy (non-hydrogen) atoms. The van der Waals surface area contributed by atoms with Gasteiger partial charge in [-0.1, -0.05) is 13.0 Å². The molecule has 0 aliphatic carbocycles. The molecule has 13 heteroatoms. The number of hydrogen-bond donors (Lipinski definition) is 2. The fourth-order valence-electron chi connectivity index (χ4n) is 3.91. The number of rotatable bonds is 9. The molecule has 2 aromatic heterocycles. The van der Waals surface area contributed by atoms with Crippen molar-refractivity contribution < 1.29 is 22.6 Å². The van der Waals surface area contributed by atoms with E-state index in [4.69, 9.17) is 14.2 Å². The van der Waals surface area contributed by atoms with Gasteiger partial charge in [-0.2, -0.15) is 0 Å². The number of methoxy groups -OCH3 is 2. The number of nitrogens with zero attached hydrogens (tertiary/aromatic N) is 5. The van der Waals surface area contributed by atoms with Crippen molar-refractivity contribution in [2.24, 2.45) is 0 Å². The SMILES string of the molecule is COc1cccc(OC)c1-n1c(NS(=O)(=O)[C@@H](C)[C@H](C)c2ncc(C)cn2)nnc1C1CNCCO1. The number of hydrogen-bond acceptors (Lipinski definition) is 10. The zero-order valence-electron chi connectivity index (χ0n) is 20.9. The minimum atomic E-state index is -3.95. The van der Waals surface area contributed by atoms with Crippen molar-refractivity contribution in [1.82, 2.24) is 30.0 Å². The van der Waals surface area contributed by atoms with Crippen molar-refractivity contribution in [1.29, 1.82) is 0 Å². The number of aromatic nitrogens is 5. The lowest BCUT2D eigenvalue weighted by Crippen LogP contribution is -2.35. The molecule has 3 atom stereocenters. The quantitative estimate of drug-likeness (QED) is 0.432. The monoisotopic (exact) mass is 517 g/mol. The number of anilines is 1. The second kappa shape index (κ2) is 10.8. The lowest BCUT2D eigenvalue weighted by Gasteiger charge is -2.25. The van der Waals surface area contributed by atoms with Crippen molar-refractivity contribution >= 4 is 16.0 Å². The Morgan fingerprint density at radius 3 is 2.39 bits per heavy atom. The minimum Gasteiger partial charge on any atom is -0.494 e. The molecule has 0 spiro atoms. The van der Waals surface area contributed by atoms with Crippen LogP contribution in [-0.4, -0.2) is 72.3 Å². The molecule has 0 amide bonds. The summed E-state index contributed by atoms with van der Waals surface area (Å²) in [6.07, 6.45) is 2.87. The molecule has 0 saturated carbocycles. The Morgan fingerprint density at radius 2 is 1.81 bits per heavy atom. The van der Waals surface area contributed by atoms with Crippen molar-refractivity contribution in [3.8, 4) is 17.2 Å². The Kier molecular flexibility index (Phi) is 7.71. The van der Waals surface area contributed by atoms with E-state index in [2.05, 4.69) is 30.2 Å². The molecule has 12 nitrogen and oxygen atoms in total. The Labute approximate surface area is 210 Å². The minimum absolute atomic E-state index is 0.00847. The average molecular weight is 518 g/mol. The van der Waals surface area contributed by atoms with Gasteiger partial charge >= 0.3 is 0 Å². The first-order valence-electron chi connectivity index (χ1n) is 11.6. The lowest BCUT2D eigenvalue weighted by atomic mass is 10.1. The van der Waals surface area contributed by atoms with Gasteiger partial charge in [0.15, 0.2) is 5.82 Å². The summed E-state index contributed by atoms with van der Waals surface area (Å²) in [7, 11) is -0.901. The number of benzene rings is 1. The second-order valence-electron chi connectivity index (χ2n) is 8.55. The highest BCUT2D eigenvalue weighted by molar-refractivity contribution is 7.93. The number of ether oxygens (including phenoxy) is 3. The summed E-state index contributed by atoms with van der Waals surface area (Å²) in [5, 5.41) is 10.9. The van der Waals surface area contributed by atoms with Crippen LogP contribution in [0.2, 0.25) is 0 Å². The van der Waals surface area contributed by atoms with Crippen LogP contribution in [0.5, 0.6) is 11.5 Å². The molecule has 1 aromatic carbocycles. The van der Waals surface area contributed by atoms with E-state index < -0.39 is 27.3 Å². The standard InChI is InChI=1S/C23H31N7O5S/c1-14-11-25-21(26-12-14)15(2)16(3)36(31,32)29-23-28-27-22(19-13-24-9-10-35-19)30(23)20-17(33-4)7-6-8-18(20)34-5/h6-8,11-12,15-16,19,24H,9-10,13H2,1-5H3,(H,28,29)/t15-,16-,19?/m0/s1. The van der Waals surface area contributed by atoms with Gasteiger partial charge in [-0.3, -0.25) is 9.29 Å². The molecule has 1 unspecified atom stereocenters. The predicted octanol–water partition coefficient (Wildman–Crippen LogP) is 1.98. The molecule has 3 heterocycles. The molecule has 1 aliphatic rings. The summed E-state index contributed by atoms with van der Waals surface area (Å²) in [6, 6.07) is 5.28. The summed E-state index contributed by atoms with van der Waals surface area (Å²) >= 11 is 0. The Hall–Kier alpha value is -3.29. The zero-order valence-corrected chi connectivity index (χ0v) is 21.7. The molecule has 2 N–H and O–H groups in total. The maximum absolute atomic E-state index is 13.5. The van der Waals surface area contributed by atoms with E-state index in [1.165, 1.54) is 14.2 Å². The van der Waals surface area contributed by atoms with Gasteiger partial charge in [0, 0.05) is 31.4 Å². The highest BCUT2D eigenvalue weighted by Gasteiger charge is 2.34. The maximum atomic E-state index is 13.5. The maximum Gasteiger partial charge on any atom is 0.243 e. The molecule has 0 bridgehead atoms. The molecule has 4 rings (SSSR count). The third-order valence-corrected chi connectivity index (χ3v) is 8.02. The first kappa shape index (κ1) is 25.8. The van der Waals surface area contributed by atoms with Crippen molar-refractivity contribution in [3.63, 3.8) is 0 Å². The van der Waals surface area contributed by atoms with Gasteiger partial charge in [-0.25, -0.2) is 18.4 Å². The fourth-order valence-corrected chi connectivity index (χ4v) is 5.14. The Bertz CT molecular complexity index is 1270. The van der Waals surface area contributed by atoms with Crippen LogP contribution in [0.25, 0.3) is 5.69 Å². The van der Waals surface area contributed by atoms with Crippen LogP contribution in [0.15, 0.2) is 30.6 Å². The van der Waals surface area contributed by atoms with Crippen LogP contribution in [0.4, 0.5) is 5.95 Å². The van der Waals surface area contributed by atoms with E-state index in [0.717, 1.165) is 5.56 Å². The van der Waals surface area contributed by atoms with Gasteiger partial charge in [0.2, 0.25) is 16.0 Å². The Morgan fingerprint density at radius 1 is 1.14 bits per heavy atom. The average Bonchev–Trinajstić information content (AvgIpc) is 3.30. The summed E-state index contributed by atoms with van der Waals surface area (Å²) < 4.78 is 48.3. The molecular formula is C23H31N7O5S. The summed E-state index contributed by atoms with van der Waals surface area (Å²) in [6.45, 7) is 6.93. The van der Waals surface area contributed by atoms with Crippen molar-refractivity contribution in [2.75, 3.05) is 38.6 Å². The summed E-state index contributed by atoms with van der Waals surface area (Å²) in [5.41, 5.74) is 1.35. The highest BCUT2D eigenvalue weighted by atomic mass is 32.2. The number of nitrogens with one attached hydrogen (secondary N) is 2. The van der Waals surface area contributed by atoms with Crippen LogP contribution in [-0.2, 0) is 14.8 Å². The van der Waals surface area contributed by atoms with E-state index in [0.29, 0.717) is 48.5 Å². The molecule has 0 radical (unpaired) electrons. The predicted molar refractivity (Wildman–Crippen MR) is 133 cm³/mol. The molecule has 1 fully saturated rings. The van der Waals surface area contributed by atoms with Gasteiger partial charge in [-0.15, -0.1) is 10.2 Å². The van der Waals surface area contributed by atoms with Crippen LogP contribution in [0.3, 0.4) is 0 Å². The highest BCUT2D eigenvalue weighted by Crippen LogP contribution is 2.37. The molecule has 1 aliphatic heterocycles. The van der Waals surface area contributed by atoms with Gasteiger partial charge in [0.1, 0.15) is 29.1 Å². The number of para-hydroxylation sites is 1. The summed E-state index contributed by atoms with van der Waals surface area (Å²) in [5.74, 6) is 1.26. The molecule has 194 valence electrons. The second-order valence-corrected chi connectivity index (χ2v) is 10.6. The van der Waals surface area contributed by atoms with E-state index in [1.54, 1.807) is 49.0 Å². The van der Waals surface area contributed by atoms with Crippen LogP contribution in [0.1, 0.15) is 43.1 Å². The van der Waals surface area contributed by atoms with E-state index in [-0.39, 0.29) is 5.95 Å². The summed E-state index contributed by atoms with van der Waals surface area (Å²) in [4.78, 5) is 8.61. The van der Waals surface area contributed by atoms with Crippen LogP contribution < -0.4 is 19.5 Å². The van der Waals surface area contributed by atoms with Crippen molar-refractivity contribution in [2.45, 2.75) is 38.0 Å². The fraction of sp³-hybridized carbons (Fsp3) is 0.478. The van der Waals surface area contributed by atoms with E-state index in [9.17, 15) is 8.42 Å². The first-order chi connectivity index (χ1) is 17.3. The zero-order chi connectivity index (χ0) is 25.9. The normalized spacial score (nSPS) is 17.9. The van der Waals surface area contributed by atoms with E-state index >= 15 is 0 Å².